The van der Waals surface area contributed by atoms with Crippen molar-refractivity contribution in [3.8, 4) is 11.3 Å². The first kappa shape index (κ1) is 17.3. The van der Waals surface area contributed by atoms with E-state index in [0.717, 1.165) is 49.6 Å². The first-order chi connectivity index (χ1) is 11.6. The van der Waals surface area contributed by atoms with Crippen LogP contribution in [0.25, 0.3) is 11.3 Å². The fourth-order valence-corrected chi connectivity index (χ4v) is 3.40. The Morgan fingerprint density at radius 2 is 1.96 bits per heavy atom. The van der Waals surface area contributed by atoms with Crippen LogP contribution in [-0.2, 0) is 11.3 Å². The maximum absolute atomic E-state index is 11.5. The molecule has 1 amide bonds. The van der Waals surface area contributed by atoms with Crippen molar-refractivity contribution in [2.45, 2.75) is 25.8 Å². The number of amides is 1. The standard InChI is InChI=1S/C18H20Cl2N2O2/c19-14-9-13(10-15(20)11-14)17-5-4-16(24-17)12-21-6-2-8-22-7-1-3-18(22)23/h4-5,9-11,21H,1-3,6-8,12H2. The Kier molecular flexibility index (Phi) is 5.82. The average molecular weight is 367 g/mol. The largest absolute Gasteiger partial charge is 0.460 e. The van der Waals surface area contributed by atoms with Crippen molar-refractivity contribution >= 4 is 29.1 Å². The zero-order chi connectivity index (χ0) is 16.9. The summed E-state index contributed by atoms with van der Waals surface area (Å²) in [6.45, 7) is 3.24. The number of likely N-dealkylation sites (tertiary alicyclic amines) is 1. The lowest BCUT2D eigenvalue weighted by atomic mass is 10.2. The van der Waals surface area contributed by atoms with Crippen LogP contribution in [0.1, 0.15) is 25.0 Å². The van der Waals surface area contributed by atoms with Crippen molar-refractivity contribution in [2.75, 3.05) is 19.6 Å². The number of carbonyl (C=O) groups excluding carboxylic acids is 1. The lowest BCUT2D eigenvalue weighted by Gasteiger charge is -2.15. The van der Waals surface area contributed by atoms with Crippen LogP contribution in [0.2, 0.25) is 10.0 Å². The number of nitrogens with zero attached hydrogens (tertiary/aromatic N) is 1. The van der Waals surface area contributed by atoms with Crippen LogP contribution in [0.5, 0.6) is 0 Å². The molecule has 0 radical (unpaired) electrons. The second-order valence-corrected chi connectivity index (χ2v) is 6.81. The Hall–Kier alpha value is -1.49. The molecule has 0 saturated carbocycles. The second kappa shape index (κ2) is 8.06. The van der Waals surface area contributed by atoms with Gasteiger partial charge in [-0.05, 0) is 49.7 Å². The average Bonchev–Trinajstić information content (AvgIpc) is 3.15. The molecule has 1 N–H and O–H groups in total. The van der Waals surface area contributed by atoms with Gasteiger partial charge in [0.1, 0.15) is 11.5 Å². The Morgan fingerprint density at radius 1 is 1.17 bits per heavy atom. The van der Waals surface area contributed by atoms with E-state index < -0.39 is 0 Å². The van der Waals surface area contributed by atoms with Crippen molar-refractivity contribution in [1.29, 1.82) is 0 Å². The van der Waals surface area contributed by atoms with Gasteiger partial charge >= 0.3 is 0 Å². The van der Waals surface area contributed by atoms with Gasteiger partial charge in [0.05, 0.1) is 6.54 Å². The molecule has 1 aromatic heterocycles. The smallest absolute Gasteiger partial charge is 0.222 e. The zero-order valence-electron chi connectivity index (χ0n) is 13.4. The van der Waals surface area contributed by atoms with Crippen molar-refractivity contribution in [3.05, 3.63) is 46.1 Å². The van der Waals surface area contributed by atoms with Crippen LogP contribution in [-0.4, -0.2) is 30.4 Å². The summed E-state index contributed by atoms with van der Waals surface area (Å²) in [5.41, 5.74) is 0.867. The molecule has 24 heavy (non-hydrogen) atoms. The van der Waals surface area contributed by atoms with E-state index in [-0.39, 0.29) is 5.91 Å². The number of rotatable bonds is 7. The maximum atomic E-state index is 11.5. The molecule has 1 aromatic carbocycles. The van der Waals surface area contributed by atoms with E-state index >= 15 is 0 Å². The summed E-state index contributed by atoms with van der Waals surface area (Å²) in [5, 5.41) is 4.52. The molecule has 2 aromatic rings. The van der Waals surface area contributed by atoms with Crippen LogP contribution < -0.4 is 5.32 Å². The normalized spacial score (nSPS) is 14.6. The van der Waals surface area contributed by atoms with E-state index in [1.807, 2.05) is 29.2 Å². The minimum absolute atomic E-state index is 0.283. The number of nitrogens with one attached hydrogen (secondary N) is 1. The molecule has 0 unspecified atom stereocenters. The first-order valence-corrected chi connectivity index (χ1v) is 8.91. The van der Waals surface area contributed by atoms with E-state index in [1.165, 1.54) is 0 Å². The van der Waals surface area contributed by atoms with Crippen LogP contribution >= 0.6 is 23.2 Å². The summed E-state index contributed by atoms with van der Waals surface area (Å²) < 4.78 is 5.83. The molecule has 1 fully saturated rings. The minimum Gasteiger partial charge on any atom is -0.460 e. The molecule has 0 spiro atoms. The molecule has 1 aliphatic rings. The van der Waals surface area contributed by atoms with Crippen LogP contribution in [0.4, 0.5) is 0 Å². The summed E-state index contributed by atoms with van der Waals surface area (Å²) in [6.07, 6.45) is 2.65. The Balaban J connectivity index is 1.45. The molecule has 1 saturated heterocycles. The highest BCUT2D eigenvalue weighted by molar-refractivity contribution is 6.35. The minimum atomic E-state index is 0.283. The summed E-state index contributed by atoms with van der Waals surface area (Å²) in [6, 6.07) is 9.22. The van der Waals surface area contributed by atoms with E-state index in [2.05, 4.69) is 5.32 Å². The molecule has 128 valence electrons. The van der Waals surface area contributed by atoms with Crippen molar-refractivity contribution in [2.24, 2.45) is 0 Å². The van der Waals surface area contributed by atoms with Gasteiger partial charge < -0.3 is 14.6 Å². The number of hydrogen-bond donors (Lipinski definition) is 1. The fourth-order valence-electron chi connectivity index (χ4n) is 2.87. The third-order valence-corrected chi connectivity index (χ3v) is 4.50. The first-order valence-electron chi connectivity index (χ1n) is 8.15. The third kappa shape index (κ3) is 4.53. The third-order valence-electron chi connectivity index (χ3n) is 4.06. The van der Waals surface area contributed by atoms with Gasteiger partial charge in [-0.25, -0.2) is 0 Å². The van der Waals surface area contributed by atoms with Gasteiger partial charge in [-0.15, -0.1) is 0 Å². The summed E-state index contributed by atoms with van der Waals surface area (Å²) in [7, 11) is 0. The van der Waals surface area contributed by atoms with Gasteiger partial charge in [-0.2, -0.15) is 0 Å². The predicted octanol–water partition coefficient (Wildman–Crippen LogP) is 4.36. The number of halogens is 2. The Labute approximate surface area is 151 Å². The molecular weight excluding hydrogens is 347 g/mol. The van der Waals surface area contributed by atoms with E-state index in [0.29, 0.717) is 23.0 Å². The van der Waals surface area contributed by atoms with Gasteiger partial charge in [-0.1, -0.05) is 23.2 Å². The molecule has 4 nitrogen and oxygen atoms in total. The second-order valence-electron chi connectivity index (χ2n) is 5.94. The lowest BCUT2D eigenvalue weighted by molar-refractivity contribution is -0.127. The topological polar surface area (TPSA) is 45.5 Å². The fraction of sp³-hybridized carbons (Fsp3) is 0.389. The van der Waals surface area contributed by atoms with Gasteiger partial charge in [0.2, 0.25) is 5.91 Å². The molecule has 0 aliphatic carbocycles. The van der Waals surface area contributed by atoms with Crippen molar-refractivity contribution in [3.63, 3.8) is 0 Å². The van der Waals surface area contributed by atoms with E-state index in [1.54, 1.807) is 6.07 Å². The van der Waals surface area contributed by atoms with Crippen LogP contribution in [0.15, 0.2) is 34.7 Å². The monoisotopic (exact) mass is 366 g/mol. The van der Waals surface area contributed by atoms with Gasteiger partial charge in [-0.3, -0.25) is 4.79 Å². The molecular formula is C18H20Cl2N2O2. The van der Waals surface area contributed by atoms with E-state index in [9.17, 15) is 4.79 Å². The van der Waals surface area contributed by atoms with Gasteiger partial charge in [0.15, 0.2) is 0 Å². The van der Waals surface area contributed by atoms with Crippen molar-refractivity contribution in [1.82, 2.24) is 10.2 Å². The van der Waals surface area contributed by atoms with Crippen LogP contribution in [0.3, 0.4) is 0 Å². The number of benzene rings is 1. The van der Waals surface area contributed by atoms with Gasteiger partial charge in [0, 0.05) is 35.1 Å². The summed E-state index contributed by atoms with van der Waals surface area (Å²) >= 11 is 12.0. The summed E-state index contributed by atoms with van der Waals surface area (Å²) in [4.78, 5) is 13.5. The highest BCUT2D eigenvalue weighted by Crippen LogP contribution is 2.28. The highest BCUT2D eigenvalue weighted by atomic mass is 35.5. The summed E-state index contributed by atoms with van der Waals surface area (Å²) in [5.74, 6) is 1.89. The Bertz CT molecular complexity index is 695. The SMILES string of the molecule is O=C1CCCN1CCCNCc1ccc(-c2cc(Cl)cc(Cl)c2)o1. The lowest BCUT2D eigenvalue weighted by Crippen LogP contribution is -2.28. The Morgan fingerprint density at radius 3 is 2.67 bits per heavy atom. The molecule has 1 aliphatic heterocycles. The number of furan rings is 1. The van der Waals surface area contributed by atoms with E-state index in [4.69, 9.17) is 27.6 Å². The predicted molar refractivity (Wildman–Crippen MR) is 96.3 cm³/mol. The van der Waals surface area contributed by atoms with Gasteiger partial charge in [0.25, 0.3) is 0 Å². The number of hydrogen-bond acceptors (Lipinski definition) is 3. The maximum Gasteiger partial charge on any atom is 0.222 e. The molecule has 2 heterocycles. The molecule has 0 bridgehead atoms. The zero-order valence-corrected chi connectivity index (χ0v) is 14.9. The van der Waals surface area contributed by atoms with Crippen molar-refractivity contribution < 1.29 is 9.21 Å². The van der Waals surface area contributed by atoms with Crippen LogP contribution in [0, 0.1) is 0 Å². The highest BCUT2D eigenvalue weighted by Gasteiger charge is 2.18. The molecule has 0 atom stereocenters. The molecule has 6 heteroatoms. The quantitative estimate of drug-likeness (QED) is 0.740. The molecule has 3 rings (SSSR count). The number of carbonyl (C=O) groups is 1.